The fraction of sp³-hybridized carbons (Fsp3) is 0.0741. The molecule has 0 aliphatic rings. The van der Waals surface area contributed by atoms with Gasteiger partial charge in [0.2, 0.25) is 0 Å². The third-order valence-corrected chi connectivity index (χ3v) is 6.68. The molecule has 3 heterocycles. The number of hydrogen-bond donors (Lipinski definition) is 2. The number of nitrogens with one attached hydrogen (secondary N) is 1. The zero-order valence-corrected chi connectivity index (χ0v) is 19.1. The van der Waals surface area contributed by atoms with Gasteiger partial charge < -0.3 is 11.1 Å². The maximum atomic E-state index is 13.2. The lowest BCUT2D eigenvalue weighted by atomic mass is 9.99. The SMILES string of the molecule is Cc1ccc(-c2cc(-c3ccccc3)nc3sc(C(=O)Nc4ncccc4C)c(N)c23)cc1. The quantitative estimate of drug-likeness (QED) is 0.328. The Balaban J connectivity index is 1.68. The number of nitrogen functional groups attached to an aromatic ring is 1. The number of nitrogens with two attached hydrogens (primary N) is 1. The molecule has 0 fully saturated rings. The van der Waals surface area contributed by atoms with Crippen LogP contribution in [0.4, 0.5) is 11.5 Å². The summed E-state index contributed by atoms with van der Waals surface area (Å²) in [6, 6.07) is 24.1. The van der Waals surface area contributed by atoms with E-state index in [0.717, 1.165) is 38.2 Å². The van der Waals surface area contributed by atoms with Crippen LogP contribution in [0.15, 0.2) is 79.0 Å². The van der Waals surface area contributed by atoms with Gasteiger partial charge in [0.1, 0.15) is 15.5 Å². The molecule has 0 saturated carbocycles. The van der Waals surface area contributed by atoms with E-state index >= 15 is 0 Å². The lowest BCUT2D eigenvalue weighted by Gasteiger charge is -2.09. The van der Waals surface area contributed by atoms with Crippen molar-refractivity contribution in [3.8, 4) is 22.4 Å². The molecule has 5 rings (SSSR count). The van der Waals surface area contributed by atoms with E-state index in [1.807, 2.05) is 49.4 Å². The first kappa shape index (κ1) is 20.8. The molecule has 162 valence electrons. The molecule has 0 saturated heterocycles. The summed E-state index contributed by atoms with van der Waals surface area (Å²) in [6.45, 7) is 3.96. The van der Waals surface area contributed by atoms with E-state index in [1.165, 1.54) is 16.9 Å². The van der Waals surface area contributed by atoms with Crippen molar-refractivity contribution in [1.29, 1.82) is 0 Å². The van der Waals surface area contributed by atoms with Crippen LogP contribution in [0.1, 0.15) is 20.8 Å². The Morgan fingerprint density at radius 3 is 2.42 bits per heavy atom. The van der Waals surface area contributed by atoms with Crippen LogP contribution in [-0.4, -0.2) is 15.9 Å². The highest BCUT2D eigenvalue weighted by atomic mass is 32.1. The van der Waals surface area contributed by atoms with E-state index in [9.17, 15) is 4.79 Å². The third kappa shape index (κ3) is 3.97. The van der Waals surface area contributed by atoms with Crippen molar-refractivity contribution >= 4 is 39.0 Å². The molecule has 0 atom stereocenters. The minimum absolute atomic E-state index is 0.284. The van der Waals surface area contributed by atoms with E-state index in [-0.39, 0.29) is 5.91 Å². The van der Waals surface area contributed by atoms with Crippen LogP contribution < -0.4 is 11.1 Å². The number of rotatable bonds is 4. The van der Waals surface area contributed by atoms with Crippen LogP contribution in [0.25, 0.3) is 32.6 Å². The predicted octanol–water partition coefficient (Wildman–Crippen LogP) is 6.48. The highest BCUT2D eigenvalue weighted by molar-refractivity contribution is 7.21. The van der Waals surface area contributed by atoms with Crippen LogP contribution in [0.3, 0.4) is 0 Å². The molecule has 0 radical (unpaired) electrons. The summed E-state index contributed by atoms with van der Waals surface area (Å²) >= 11 is 1.30. The molecule has 1 amide bonds. The van der Waals surface area contributed by atoms with Gasteiger partial charge >= 0.3 is 0 Å². The molecule has 3 aromatic heterocycles. The molecular weight excluding hydrogens is 428 g/mol. The highest BCUT2D eigenvalue weighted by Crippen LogP contribution is 2.41. The van der Waals surface area contributed by atoms with Gasteiger partial charge in [-0.05, 0) is 42.7 Å². The van der Waals surface area contributed by atoms with Crippen LogP contribution >= 0.6 is 11.3 Å². The maximum absolute atomic E-state index is 13.2. The zero-order chi connectivity index (χ0) is 22.9. The van der Waals surface area contributed by atoms with Crippen LogP contribution in [0, 0.1) is 13.8 Å². The van der Waals surface area contributed by atoms with Crippen molar-refractivity contribution < 1.29 is 4.79 Å². The Kier molecular flexibility index (Phi) is 5.36. The number of aryl methyl sites for hydroxylation is 2. The van der Waals surface area contributed by atoms with Crippen molar-refractivity contribution in [1.82, 2.24) is 9.97 Å². The summed E-state index contributed by atoms with van der Waals surface area (Å²) in [5.74, 6) is 0.240. The molecule has 0 aliphatic heterocycles. The fourth-order valence-corrected chi connectivity index (χ4v) is 4.80. The van der Waals surface area contributed by atoms with Crippen LogP contribution in [0.5, 0.6) is 0 Å². The average molecular weight is 451 g/mol. The molecule has 0 bridgehead atoms. The van der Waals surface area contributed by atoms with Gasteiger partial charge in [-0.3, -0.25) is 4.79 Å². The Labute approximate surface area is 196 Å². The number of carbonyl (C=O) groups excluding carboxylic acids is 1. The first-order chi connectivity index (χ1) is 16.0. The van der Waals surface area contributed by atoms with Gasteiger partial charge in [0.15, 0.2) is 0 Å². The standard InChI is InChI=1S/C27H22N4OS/c1-16-10-12-18(13-11-16)20-15-21(19-8-4-3-5-9-19)30-27-22(20)23(28)24(33-27)26(32)31-25-17(2)7-6-14-29-25/h3-15H,28H2,1-2H3,(H,29,31,32). The monoisotopic (exact) mass is 450 g/mol. The number of aromatic nitrogens is 2. The summed E-state index contributed by atoms with van der Waals surface area (Å²) in [6.07, 6.45) is 1.65. The number of amides is 1. The zero-order valence-electron chi connectivity index (χ0n) is 18.3. The number of hydrogen-bond acceptors (Lipinski definition) is 5. The normalized spacial score (nSPS) is 11.0. The van der Waals surface area contributed by atoms with Gasteiger partial charge in [0.25, 0.3) is 5.91 Å². The number of pyridine rings is 2. The highest BCUT2D eigenvalue weighted by Gasteiger charge is 2.22. The predicted molar refractivity (Wildman–Crippen MR) is 137 cm³/mol. The smallest absolute Gasteiger partial charge is 0.269 e. The van der Waals surface area contributed by atoms with Crippen molar-refractivity contribution in [2.75, 3.05) is 11.1 Å². The molecule has 3 N–H and O–H groups in total. The molecule has 6 heteroatoms. The maximum Gasteiger partial charge on any atom is 0.269 e. The van der Waals surface area contributed by atoms with E-state index in [4.69, 9.17) is 10.7 Å². The Morgan fingerprint density at radius 2 is 1.70 bits per heavy atom. The number of thiophene rings is 1. The molecular formula is C27H22N4OS. The molecule has 5 aromatic rings. The Hall–Kier alpha value is -4.03. The molecule has 33 heavy (non-hydrogen) atoms. The van der Waals surface area contributed by atoms with Gasteiger partial charge in [-0.15, -0.1) is 11.3 Å². The summed E-state index contributed by atoms with van der Waals surface area (Å²) < 4.78 is 0. The molecule has 0 unspecified atom stereocenters. The van der Waals surface area contributed by atoms with Crippen molar-refractivity contribution in [3.63, 3.8) is 0 Å². The largest absolute Gasteiger partial charge is 0.397 e. The Morgan fingerprint density at radius 1 is 0.939 bits per heavy atom. The number of benzene rings is 2. The second-order valence-corrected chi connectivity index (χ2v) is 8.93. The lowest BCUT2D eigenvalue weighted by Crippen LogP contribution is -2.13. The molecule has 0 spiro atoms. The summed E-state index contributed by atoms with van der Waals surface area (Å²) in [7, 11) is 0. The molecule has 0 aliphatic carbocycles. The number of carbonyl (C=O) groups is 1. The summed E-state index contributed by atoms with van der Waals surface area (Å²) in [5, 5.41) is 3.69. The lowest BCUT2D eigenvalue weighted by molar-refractivity contribution is 0.103. The minimum Gasteiger partial charge on any atom is -0.397 e. The van der Waals surface area contributed by atoms with Crippen LogP contribution in [0.2, 0.25) is 0 Å². The van der Waals surface area contributed by atoms with Crippen LogP contribution in [-0.2, 0) is 0 Å². The first-order valence-corrected chi connectivity index (χ1v) is 11.4. The van der Waals surface area contributed by atoms with E-state index in [2.05, 4.69) is 47.6 Å². The van der Waals surface area contributed by atoms with Crippen molar-refractivity contribution in [3.05, 3.63) is 95.0 Å². The van der Waals surface area contributed by atoms with Crippen molar-refractivity contribution in [2.45, 2.75) is 13.8 Å². The average Bonchev–Trinajstić information content (AvgIpc) is 3.17. The topological polar surface area (TPSA) is 80.9 Å². The second-order valence-electron chi connectivity index (χ2n) is 7.94. The second kappa shape index (κ2) is 8.48. The van der Waals surface area contributed by atoms with Crippen molar-refractivity contribution in [2.24, 2.45) is 0 Å². The molecule has 5 nitrogen and oxygen atoms in total. The van der Waals surface area contributed by atoms with E-state index in [0.29, 0.717) is 16.4 Å². The van der Waals surface area contributed by atoms with Gasteiger partial charge in [-0.2, -0.15) is 0 Å². The Bertz CT molecular complexity index is 1470. The number of fused-ring (bicyclic) bond motifs is 1. The number of anilines is 2. The van der Waals surface area contributed by atoms with Gasteiger partial charge in [0.05, 0.1) is 11.4 Å². The van der Waals surface area contributed by atoms with E-state index in [1.54, 1.807) is 6.20 Å². The summed E-state index contributed by atoms with van der Waals surface area (Å²) in [4.78, 5) is 23.5. The van der Waals surface area contributed by atoms with E-state index < -0.39 is 0 Å². The molecule has 2 aromatic carbocycles. The summed E-state index contributed by atoms with van der Waals surface area (Å²) in [5.41, 5.74) is 12.9. The first-order valence-electron chi connectivity index (χ1n) is 10.6. The number of nitrogens with zero attached hydrogens (tertiary/aromatic N) is 2. The van der Waals surface area contributed by atoms with Gasteiger partial charge in [-0.25, -0.2) is 9.97 Å². The third-order valence-electron chi connectivity index (χ3n) is 5.58. The van der Waals surface area contributed by atoms with Gasteiger partial charge in [0, 0.05) is 17.1 Å². The van der Waals surface area contributed by atoms with Gasteiger partial charge in [-0.1, -0.05) is 66.2 Å². The fourth-order valence-electron chi connectivity index (χ4n) is 3.79. The minimum atomic E-state index is -0.284.